The van der Waals surface area contributed by atoms with Crippen molar-refractivity contribution in [2.45, 2.75) is 32.2 Å². The van der Waals surface area contributed by atoms with Crippen LogP contribution in [-0.2, 0) is 0 Å². The quantitative estimate of drug-likeness (QED) is 0.853. The summed E-state index contributed by atoms with van der Waals surface area (Å²) < 4.78 is 5.23. The molecule has 0 aromatic heterocycles. The third-order valence-electron chi connectivity index (χ3n) is 3.36. The van der Waals surface area contributed by atoms with E-state index in [1.54, 1.807) is 7.11 Å². The van der Waals surface area contributed by atoms with E-state index in [1.165, 1.54) is 12.8 Å². The van der Waals surface area contributed by atoms with Crippen molar-refractivity contribution in [1.82, 2.24) is 5.32 Å². The van der Waals surface area contributed by atoms with Gasteiger partial charge >= 0.3 is 0 Å². The minimum absolute atomic E-state index is 0.177. The maximum absolute atomic E-state index is 10.2. The highest BCUT2D eigenvalue weighted by Gasteiger charge is 2.22. The number of phenolic OH excluding ortho intramolecular Hbond substituents is 1. The zero-order valence-corrected chi connectivity index (χ0v) is 11.0. The van der Waals surface area contributed by atoms with Gasteiger partial charge in [0, 0.05) is 22.2 Å². The number of benzene rings is 1. The second-order valence-electron chi connectivity index (χ2n) is 4.46. The molecule has 1 fully saturated rings. The van der Waals surface area contributed by atoms with Crippen LogP contribution in [0.2, 0.25) is 5.02 Å². The Kier molecular flexibility index (Phi) is 3.79. The topological polar surface area (TPSA) is 41.5 Å². The summed E-state index contributed by atoms with van der Waals surface area (Å²) in [6.07, 6.45) is 3.38. The van der Waals surface area contributed by atoms with Crippen molar-refractivity contribution in [1.29, 1.82) is 0 Å². The van der Waals surface area contributed by atoms with E-state index in [0.29, 0.717) is 10.8 Å². The number of aromatic hydroxyl groups is 1. The van der Waals surface area contributed by atoms with Crippen LogP contribution in [0.4, 0.5) is 0 Å². The third-order valence-corrected chi connectivity index (χ3v) is 3.75. The summed E-state index contributed by atoms with van der Waals surface area (Å²) in [6, 6.07) is 2.02. The molecule has 2 N–H and O–H groups in total. The van der Waals surface area contributed by atoms with Crippen LogP contribution >= 0.6 is 11.6 Å². The lowest BCUT2D eigenvalue weighted by atomic mass is 9.95. The average molecular weight is 256 g/mol. The van der Waals surface area contributed by atoms with Gasteiger partial charge in [-0.15, -0.1) is 0 Å². The van der Waals surface area contributed by atoms with Gasteiger partial charge in [-0.1, -0.05) is 18.0 Å². The molecule has 1 heterocycles. The molecule has 17 heavy (non-hydrogen) atoms. The second kappa shape index (κ2) is 5.15. The van der Waals surface area contributed by atoms with Crippen molar-refractivity contribution in [3.63, 3.8) is 0 Å². The number of piperidine rings is 1. The van der Waals surface area contributed by atoms with Crippen LogP contribution in [0.25, 0.3) is 0 Å². The van der Waals surface area contributed by atoms with Gasteiger partial charge in [0.15, 0.2) is 11.5 Å². The molecule has 0 saturated carbocycles. The predicted molar refractivity (Wildman–Crippen MR) is 69.0 cm³/mol. The van der Waals surface area contributed by atoms with Gasteiger partial charge in [-0.2, -0.15) is 0 Å². The number of ether oxygens (including phenoxy) is 1. The molecule has 94 valence electrons. The first-order chi connectivity index (χ1) is 8.15. The molecule has 0 aliphatic carbocycles. The number of phenols is 1. The molecule has 1 aromatic carbocycles. The highest BCUT2D eigenvalue weighted by Crippen LogP contribution is 2.42. The number of hydrogen-bond acceptors (Lipinski definition) is 3. The van der Waals surface area contributed by atoms with Crippen LogP contribution in [0.15, 0.2) is 6.07 Å². The Balaban J connectivity index is 2.42. The molecule has 0 amide bonds. The van der Waals surface area contributed by atoms with E-state index >= 15 is 0 Å². The lowest BCUT2D eigenvalue weighted by Crippen LogP contribution is -2.26. The summed E-state index contributed by atoms with van der Waals surface area (Å²) in [7, 11) is 1.55. The second-order valence-corrected chi connectivity index (χ2v) is 4.86. The summed E-state index contributed by atoms with van der Waals surface area (Å²) >= 11 is 6.17. The molecule has 1 aliphatic rings. The molecule has 1 saturated heterocycles. The predicted octanol–water partition coefficient (Wildman–Crippen LogP) is 3.18. The molecule has 1 atom stereocenters. The molecular formula is C13H18ClNO2. The van der Waals surface area contributed by atoms with E-state index in [9.17, 15) is 5.11 Å². The van der Waals surface area contributed by atoms with Crippen molar-refractivity contribution in [2.75, 3.05) is 13.7 Å². The minimum atomic E-state index is 0.177. The van der Waals surface area contributed by atoms with E-state index < -0.39 is 0 Å². The summed E-state index contributed by atoms with van der Waals surface area (Å²) in [4.78, 5) is 0. The third kappa shape index (κ3) is 2.35. The van der Waals surface area contributed by atoms with E-state index in [2.05, 4.69) is 5.32 Å². The van der Waals surface area contributed by atoms with Crippen LogP contribution < -0.4 is 10.1 Å². The van der Waals surface area contributed by atoms with Crippen molar-refractivity contribution in [3.8, 4) is 11.5 Å². The van der Waals surface area contributed by atoms with Crippen molar-refractivity contribution in [2.24, 2.45) is 0 Å². The molecular weight excluding hydrogens is 238 g/mol. The first kappa shape index (κ1) is 12.5. The summed E-state index contributed by atoms with van der Waals surface area (Å²) in [6.45, 7) is 2.83. The summed E-state index contributed by atoms with van der Waals surface area (Å²) in [5, 5.41) is 14.3. The Morgan fingerprint density at radius 2 is 2.24 bits per heavy atom. The van der Waals surface area contributed by atoms with Gasteiger partial charge in [-0.3, -0.25) is 0 Å². The molecule has 3 nitrogen and oxygen atoms in total. The molecule has 1 aliphatic heterocycles. The summed E-state index contributed by atoms with van der Waals surface area (Å²) in [5.41, 5.74) is 1.63. The monoisotopic (exact) mass is 255 g/mol. The fourth-order valence-corrected chi connectivity index (χ4v) is 2.57. The number of hydrogen-bond donors (Lipinski definition) is 2. The number of halogens is 1. The first-order valence-electron chi connectivity index (χ1n) is 5.94. The van der Waals surface area contributed by atoms with Gasteiger partial charge in [0.2, 0.25) is 0 Å². The fraction of sp³-hybridized carbons (Fsp3) is 0.538. The average Bonchev–Trinajstić information content (AvgIpc) is 2.36. The van der Waals surface area contributed by atoms with E-state index in [4.69, 9.17) is 16.3 Å². The maximum atomic E-state index is 10.2. The van der Waals surface area contributed by atoms with Crippen molar-refractivity contribution in [3.05, 3.63) is 22.2 Å². The molecule has 0 spiro atoms. The number of nitrogens with one attached hydrogen (secondary N) is 1. The van der Waals surface area contributed by atoms with Crippen molar-refractivity contribution < 1.29 is 9.84 Å². The Morgan fingerprint density at radius 1 is 1.47 bits per heavy atom. The smallest absolute Gasteiger partial charge is 0.165 e. The highest BCUT2D eigenvalue weighted by atomic mass is 35.5. The zero-order valence-electron chi connectivity index (χ0n) is 10.2. The molecule has 1 aromatic rings. The van der Waals surface area contributed by atoms with Crippen molar-refractivity contribution >= 4 is 11.6 Å². The Labute approximate surface area is 107 Å². The molecule has 0 radical (unpaired) electrons. The minimum Gasteiger partial charge on any atom is -0.504 e. The molecule has 1 unspecified atom stereocenters. The van der Waals surface area contributed by atoms with Crippen LogP contribution in [-0.4, -0.2) is 18.8 Å². The van der Waals surface area contributed by atoms with Gasteiger partial charge in [-0.25, -0.2) is 0 Å². The summed E-state index contributed by atoms with van der Waals surface area (Å²) in [5.74, 6) is 0.702. The number of rotatable bonds is 2. The lowest BCUT2D eigenvalue weighted by molar-refractivity contribution is 0.353. The van der Waals surface area contributed by atoms with Gasteiger partial charge in [0.25, 0.3) is 0 Å². The van der Waals surface area contributed by atoms with E-state index in [-0.39, 0.29) is 11.8 Å². The standard InChI is InChI=1S/C13H18ClNO2/c1-8-10(14)7-9(12(16)13(8)17-2)11-5-3-4-6-15-11/h7,11,15-16H,3-6H2,1-2H3. The maximum Gasteiger partial charge on any atom is 0.165 e. The fourth-order valence-electron chi connectivity index (χ4n) is 2.36. The molecule has 2 rings (SSSR count). The SMILES string of the molecule is COc1c(C)c(Cl)cc(C2CCCCN2)c1O. The highest BCUT2D eigenvalue weighted by molar-refractivity contribution is 6.31. The Bertz CT molecular complexity index is 414. The van der Waals surface area contributed by atoms with Gasteiger partial charge < -0.3 is 15.2 Å². The van der Waals surface area contributed by atoms with Crippen LogP contribution in [0.1, 0.15) is 36.4 Å². The first-order valence-corrected chi connectivity index (χ1v) is 6.32. The van der Waals surface area contributed by atoms with Gasteiger partial charge in [0.1, 0.15) is 0 Å². The van der Waals surface area contributed by atoms with Crippen LogP contribution in [0.5, 0.6) is 11.5 Å². The Hall–Kier alpha value is -0.930. The zero-order chi connectivity index (χ0) is 12.4. The normalized spacial score (nSPS) is 20.3. The Morgan fingerprint density at radius 3 is 2.82 bits per heavy atom. The van der Waals surface area contributed by atoms with Crippen LogP contribution in [0, 0.1) is 6.92 Å². The lowest BCUT2D eigenvalue weighted by Gasteiger charge is -2.25. The largest absolute Gasteiger partial charge is 0.504 e. The van der Waals surface area contributed by atoms with Crippen LogP contribution in [0.3, 0.4) is 0 Å². The number of methoxy groups -OCH3 is 1. The van der Waals surface area contributed by atoms with E-state index in [1.807, 2.05) is 13.0 Å². The molecule has 4 heteroatoms. The van der Waals surface area contributed by atoms with Gasteiger partial charge in [-0.05, 0) is 32.4 Å². The van der Waals surface area contributed by atoms with Gasteiger partial charge in [0.05, 0.1) is 7.11 Å². The molecule has 0 bridgehead atoms. The van der Waals surface area contributed by atoms with E-state index in [0.717, 1.165) is 24.1 Å².